The average Bonchev–Trinajstić information content (AvgIpc) is 2.67. The van der Waals surface area contributed by atoms with Crippen LogP contribution in [0.1, 0.15) is 0 Å². The summed E-state index contributed by atoms with van der Waals surface area (Å²) in [5, 5.41) is 20.6. The van der Waals surface area contributed by atoms with Gasteiger partial charge in [0, 0.05) is 0 Å². The fraction of sp³-hybridized carbons (Fsp3) is 0.875. The molecule has 98 valence electrons. The summed E-state index contributed by atoms with van der Waals surface area (Å²) in [5.41, 5.74) is 5.59. The number of aliphatic hydroxyl groups excluding tert-OH is 2. The van der Waals surface area contributed by atoms with Crippen LogP contribution in [0.3, 0.4) is 0 Å². The number of hydrogen-bond acceptors (Lipinski definition) is 6. The lowest BCUT2D eigenvalue weighted by Crippen LogP contribution is -2.64. The van der Waals surface area contributed by atoms with E-state index < -0.39 is 49.1 Å². The first-order valence-electron chi connectivity index (χ1n) is 4.96. The molecule has 0 aromatic rings. The molecule has 0 bridgehead atoms. The van der Waals surface area contributed by atoms with Crippen molar-refractivity contribution < 1.29 is 28.1 Å². The number of ether oxygens (including phenoxy) is 1. The van der Waals surface area contributed by atoms with Crippen LogP contribution in [0.4, 0.5) is 13.2 Å². The van der Waals surface area contributed by atoms with Crippen LogP contribution in [0.5, 0.6) is 0 Å². The van der Waals surface area contributed by atoms with E-state index in [1.54, 1.807) is 0 Å². The van der Waals surface area contributed by atoms with Crippen LogP contribution in [0.2, 0.25) is 0 Å². The molecule has 9 heteroatoms. The van der Waals surface area contributed by atoms with Crippen LogP contribution in [0.25, 0.3) is 0 Å². The third-order valence-electron chi connectivity index (χ3n) is 2.82. The Balaban J connectivity index is 2.17. The average molecular weight is 255 g/mol. The highest BCUT2D eigenvalue weighted by molar-refractivity contribution is 5.89. The number of halogens is 3. The van der Waals surface area contributed by atoms with Gasteiger partial charge >= 0.3 is 6.18 Å². The zero-order valence-corrected chi connectivity index (χ0v) is 8.55. The van der Waals surface area contributed by atoms with Crippen molar-refractivity contribution in [2.45, 2.75) is 36.7 Å². The van der Waals surface area contributed by atoms with Gasteiger partial charge in [-0.1, -0.05) is 0 Å². The van der Waals surface area contributed by atoms with Crippen molar-refractivity contribution in [2.24, 2.45) is 10.7 Å². The number of aliphatic imine (C=N–C) groups is 1. The third-order valence-corrected chi connectivity index (χ3v) is 2.82. The SMILES string of the molecule is N[C@H]1[C@@H](O)[C@@H](CO)O[C@H]2N=C(C(F)(F)F)N[C@@H]12. The fourth-order valence-corrected chi connectivity index (χ4v) is 1.90. The van der Waals surface area contributed by atoms with Gasteiger partial charge in [-0.3, -0.25) is 0 Å². The molecule has 0 radical (unpaired) electrons. The Morgan fingerprint density at radius 1 is 1.47 bits per heavy atom. The molecule has 1 fully saturated rings. The second-order valence-electron chi connectivity index (χ2n) is 3.96. The van der Waals surface area contributed by atoms with Crippen molar-refractivity contribution in [3.8, 4) is 0 Å². The molecule has 2 aliphatic heterocycles. The second-order valence-corrected chi connectivity index (χ2v) is 3.96. The summed E-state index contributed by atoms with van der Waals surface area (Å²) in [6.07, 6.45) is -8.01. The molecule has 0 unspecified atom stereocenters. The molecule has 0 aromatic carbocycles. The van der Waals surface area contributed by atoms with Crippen molar-refractivity contribution in [1.82, 2.24) is 5.32 Å². The van der Waals surface area contributed by atoms with E-state index in [1.807, 2.05) is 0 Å². The monoisotopic (exact) mass is 255 g/mol. The van der Waals surface area contributed by atoms with E-state index in [0.717, 1.165) is 0 Å². The van der Waals surface area contributed by atoms with Crippen molar-refractivity contribution in [3.05, 3.63) is 0 Å². The molecule has 0 spiro atoms. The Kier molecular flexibility index (Phi) is 3.02. The maximum atomic E-state index is 12.4. The first-order chi connectivity index (χ1) is 7.84. The normalized spacial score (nSPS) is 41.8. The minimum atomic E-state index is -4.61. The number of nitrogens with one attached hydrogen (secondary N) is 1. The predicted molar refractivity (Wildman–Crippen MR) is 50.1 cm³/mol. The number of nitrogens with zero attached hydrogens (tertiary/aromatic N) is 1. The van der Waals surface area contributed by atoms with E-state index in [9.17, 15) is 18.3 Å². The van der Waals surface area contributed by atoms with Crippen LogP contribution < -0.4 is 11.1 Å². The van der Waals surface area contributed by atoms with Gasteiger partial charge in [-0.15, -0.1) is 0 Å². The van der Waals surface area contributed by atoms with Gasteiger partial charge in [0.25, 0.3) is 0 Å². The standard InChI is InChI=1S/C8H12F3N3O3/c9-8(10,11)7-13-4-3(12)5(16)2(1-15)17-6(4)14-7/h2-6,15-16H,1,12H2,(H,13,14)/t2-,3-,4+,5+,6-/m1/s1. The van der Waals surface area contributed by atoms with Gasteiger partial charge in [-0.05, 0) is 0 Å². The highest BCUT2D eigenvalue weighted by atomic mass is 19.4. The van der Waals surface area contributed by atoms with Gasteiger partial charge < -0.3 is 26.0 Å². The summed E-state index contributed by atoms with van der Waals surface area (Å²) >= 11 is 0. The van der Waals surface area contributed by atoms with Crippen molar-refractivity contribution in [1.29, 1.82) is 0 Å². The van der Waals surface area contributed by atoms with Gasteiger partial charge in [-0.25, -0.2) is 4.99 Å². The Hall–Kier alpha value is -0.900. The summed E-state index contributed by atoms with van der Waals surface area (Å²) in [4.78, 5) is 3.32. The van der Waals surface area contributed by atoms with E-state index in [-0.39, 0.29) is 0 Å². The lowest BCUT2D eigenvalue weighted by atomic mass is 9.95. The Bertz CT molecular complexity index is 336. The Labute approximate surface area is 94.3 Å². The van der Waals surface area contributed by atoms with Gasteiger partial charge in [-0.2, -0.15) is 13.2 Å². The minimum Gasteiger partial charge on any atom is -0.394 e. The maximum absolute atomic E-state index is 12.4. The number of fused-ring (bicyclic) bond motifs is 1. The minimum absolute atomic E-state index is 0.533. The molecule has 0 amide bonds. The zero-order valence-electron chi connectivity index (χ0n) is 8.55. The number of rotatable bonds is 1. The number of aliphatic hydroxyl groups is 2. The predicted octanol–water partition coefficient (Wildman–Crippen LogP) is -1.68. The summed E-state index contributed by atoms with van der Waals surface area (Å²) in [6, 6.07) is -1.93. The largest absolute Gasteiger partial charge is 0.448 e. The van der Waals surface area contributed by atoms with Gasteiger partial charge in [0.2, 0.25) is 5.84 Å². The van der Waals surface area contributed by atoms with Crippen LogP contribution in [-0.2, 0) is 4.74 Å². The number of hydrogen-bond donors (Lipinski definition) is 4. The topological polar surface area (TPSA) is 100 Å². The Morgan fingerprint density at radius 2 is 2.12 bits per heavy atom. The van der Waals surface area contributed by atoms with E-state index in [1.165, 1.54) is 0 Å². The molecular weight excluding hydrogens is 243 g/mol. The van der Waals surface area contributed by atoms with Crippen LogP contribution in [-0.4, -0.2) is 59.4 Å². The summed E-state index contributed by atoms with van der Waals surface area (Å²) in [7, 11) is 0. The fourth-order valence-electron chi connectivity index (χ4n) is 1.90. The highest BCUT2D eigenvalue weighted by Crippen LogP contribution is 2.28. The van der Waals surface area contributed by atoms with E-state index >= 15 is 0 Å². The van der Waals surface area contributed by atoms with Gasteiger partial charge in [0.05, 0.1) is 24.8 Å². The van der Waals surface area contributed by atoms with E-state index in [0.29, 0.717) is 0 Å². The van der Waals surface area contributed by atoms with Gasteiger partial charge in [0.1, 0.15) is 6.10 Å². The summed E-state index contributed by atoms with van der Waals surface area (Å²) in [5.74, 6) is -1.17. The molecule has 5 atom stereocenters. The van der Waals surface area contributed by atoms with Crippen LogP contribution in [0.15, 0.2) is 4.99 Å². The lowest BCUT2D eigenvalue weighted by Gasteiger charge is -2.38. The molecule has 0 aliphatic carbocycles. The molecule has 2 rings (SSSR count). The lowest BCUT2D eigenvalue weighted by molar-refractivity contribution is -0.145. The molecule has 0 saturated carbocycles. The highest BCUT2D eigenvalue weighted by Gasteiger charge is 2.51. The first kappa shape index (κ1) is 12.6. The molecule has 1 saturated heterocycles. The maximum Gasteiger partial charge on any atom is 0.448 e. The third kappa shape index (κ3) is 2.10. The smallest absolute Gasteiger partial charge is 0.394 e. The van der Waals surface area contributed by atoms with Crippen molar-refractivity contribution in [2.75, 3.05) is 6.61 Å². The first-order valence-corrected chi connectivity index (χ1v) is 4.96. The van der Waals surface area contributed by atoms with Crippen molar-refractivity contribution >= 4 is 5.84 Å². The Morgan fingerprint density at radius 3 is 2.65 bits per heavy atom. The second kappa shape index (κ2) is 4.09. The quantitative estimate of drug-likeness (QED) is 0.448. The van der Waals surface area contributed by atoms with E-state index in [2.05, 4.69) is 10.3 Å². The van der Waals surface area contributed by atoms with Crippen LogP contribution >= 0.6 is 0 Å². The molecule has 6 nitrogen and oxygen atoms in total. The van der Waals surface area contributed by atoms with E-state index in [4.69, 9.17) is 15.6 Å². The van der Waals surface area contributed by atoms with Gasteiger partial charge in [0.15, 0.2) is 6.23 Å². The number of nitrogens with two attached hydrogens (primary N) is 1. The molecule has 5 N–H and O–H groups in total. The molecular formula is C8H12F3N3O3. The summed E-state index contributed by atoms with van der Waals surface area (Å²) in [6.45, 7) is -0.533. The molecule has 17 heavy (non-hydrogen) atoms. The number of alkyl halides is 3. The van der Waals surface area contributed by atoms with Crippen molar-refractivity contribution in [3.63, 3.8) is 0 Å². The zero-order chi connectivity index (χ0) is 12.8. The number of amidine groups is 1. The molecule has 2 aliphatic rings. The molecule has 0 aromatic heterocycles. The van der Waals surface area contributed by atoms with Crippen LogP contribution in [0, 0.1) is 0 Å². The summed E-state index contributed by atoms with van der Waals surface area (Å²) < 4.78 is 42.2. The molecule has 2 heterocycles.